The SMILES string of the molecule is CCOC(=O)[C@H]1CCCC[C@@H]1NC(=O)c1ccccc1. The second kappa shape index (κ2) is 7.08. The van der Waals surface area contributed by atoms with E-state index in [4.69, 9.17) is 4.74 Å². The normalized spacial score (nSPS) is 22.1. The first kappa shape index (κ1) is 14.6. The van der Waals surface area contributed by atoms with Crippen molar-refractivity contribution in [3.63, 3.8) is 0 Å². The van der Waals surface area contributed by atoms with E-state index < -0.39 is 0 Å². The number of rotatable bonds is 4. The van der Waals surface area contributed by atoms with Gasteiger partial charge in [0.25, 0.3) is 5.91 Å². The number of hydrogen-bond acceptors (Lipinski definition) is 3. The molecule has 4 heteroatoms. The molecule has 1 amide bonds. The minimum absolute atomic E-state index is 0.115. The molecule has 0 unspecified atom stereocenters. The van der Waals surface area contributed by atoms with Crippen LogP contribution in [0.4, 0.5) is 0 Å². The average molecular weight is 275 g/mol. The van der Waals surface area contributed by atoms with Crippen LogP contribution in [0.15, 0.2) is 30.3 Å². The molecular formula is C16H21NO3. The molecule has 1 fully saturated rings. The summed E-state index contributed by atoms with van der Waals surface area (Å²) in [6, 6.07) is 8.97. The molecule has 4 nitrogen and oxygen atoms in total. The summed E-state index contributed by atoms with van der Waals surface area (Å²) in [6.45, 7) is 2.19. The van der Waals surface area contributed by atoms with Crippen molar-refractivity contribution in [3.8, 4) is 0 Å². The summed E-state index contributed by atoms with van der Waals surface area (Å²) >= 11 is 0. The van der Waals surface area contributed by atoms with Crippen molar-refractivity contribution < 1.29 is 14.3 Å². The maximum absolute atomic E-state index is 12.2. The Balaban J connectivity index is 2.02. The number of ether oxygens (including phenoxy) is 1. The van der Waals surface area contributed by atoms with Gasteiger partial charge >= 0.3 is 5.97 Å². The predicted octanol–water partition coefficient (Wildman–Crippen LogP) is 2.54. The summed E-state index contributed by atoms with van der Waals surface area (Å²) in [4.78, 5) is 24.1. The molecule has 0 aromatic heterocycles. The van der Waals surface area contributed by atoms with E-state index in [-0.39, 0.29) is 23.8 Å². The zero-order valence-electron chi connectivity index (χ0n) is 11.8. The molecule has 0 radical (unpaired) electrons. The maximum Gasteiger partial charge on any atom is 0.311 e. The van der Waals surface area contributed by atoms with E-state index >= 15 is 0 Å². The predicted molar refractivity (Wildman–Crippen MR) is 76.3 cm³/mol. The van der Waals surface area contributed by atoms with Gasteiger partial charge in [-0.1, -0.05) is 31.0 Å². The molecule has 0 aliphatic heterocycles. The minimum Gasteiger partial charge on any atom is -0.466 e. The van der Waals surface area contributed by atoms with Gasteiger partial charge in [0, 0.05) is 11.6 Å². The Kier molecular flexibility index (Phi) is 5.16. The highest BCUT2D eigenvalue weighted by Crippen LogP contribution is 2.26. The third kappa shape index (κ3) is 3.59. The van der Waals surface area contributed by atoms with Crippen molar-refractivity contribution in [2.45, 2.75) is 38.6 Å². The van der Waals surface area contributed by atoms with Crippen molar-refractivity contribution >= 4 is 11.9 Å². The van der Waals surface area contributed by atoms with Crippen LogP contribution in [0.2, 0.25) is 0 Å². The van der Waals surface area contributed by atoms with E-state index in [0.717, 1.165) is 25.7 Å². The van der Waals surface area contributed by atoms with Crippen LogP contribution in [0, 0.1) is 5.92 Å². The quantitative estimate of drug-likeness (QED) is 0.859. The highest BCUT2D eigenvalue weighted by molar-refractivity contribution is 5.94. The highest BCUT2D eigenvalue weighted by Gasteiger charge is 2.33. The number of amides is 1. The Labute approximate surface area is 119 Å². The third-order valence-corrected chi connectivity index (χ3v) is 3.71. The average Bonchev–Trinajstić information content (AvgIpc) is 2.49. The van der Waals surface area contributed by atoms with Gasteiger partial charge in [0.05, 0.1) is 12.5 Å². The van der Waals surface area contributed by atoms with Gasteiger partial charge in [-0.3, -0.25) is 9.59 Å². The summed E-state index contributed by atoms with van der Waals surface area (Å²) in [6.07, 6.45) is 3.68. The molecule has 1 N–H and O–H groups in total. The smallest absolute Gasteiger partial charge is 0.311 e. The van der Waals surface area contributed by atoms with Crippen LogP contribution < -0.4 is 5.32 Å². The molecule has 0 heterocycles. The maximum atomic E-state index is 12.2. The van der Waals surface area contributed by atoms with Crippen LogP contribution in [0.25, 0.3) is 0 Å². The first-order valence-corrected chi connectivity index (χ1v) is 7.25. The number of hydrogen-bond donors (Lipinski definition) is 1. The Hall–Kier alpha value is -1.84. The van der Waals surface area contributed by atoms with Crippen molar-refractivity contribution in [2.24, 2.45) is 5.92 Å². The first-order chi connectivity index (χ1) is 9.72. The van der Waals surface area contributed by atoms with Gasteiger partial charge in [-0.05, 0) is 31.9 Å². The molecule has 1 aromatic rings. The first-order valence-electron chi connectivity index (χ1n) is 7.25. The van der Waals surface area contributed by atoms with Crippen LogP contribution in [0.3, 0.4) is 0 Å². The monoisotopic (exact) mass is 275 g/mol. The molecule has 0 spiro atoms. The zero-order valence-corrected chi connectivity index (χ0v) is 11.8. The third-order valence-electron chi connectivity index (χ3n) is 3.71. The lowest BCUT2D eigenvalue weighted by Crippen LogP contribution is -2.45. The van der Waals surface area contributed by atoms with Crippen LogP contribution in [0.5, 0.6) is 0 Å². The fourth-order valence-electron chi connectivity index (χ4n) is 2.68. The molecule has 1 aliphatic carbocycles. The molecule has 1 aliphatic rings. The van der Waals surface area contributed by atoms with Crippen molar-refractivity contribution in [3.05, 3.63) is 35.9 Å². The lowest BCUT2D eigenvalue weighted by Gasteiger charge is -2.30. The van der Waals surface area contributed by atoms with E-state index in [1.807, 2.05) is 18.2 Å². The van der Waals surface area contributed by atoms with E-state index in [1.54, 1.807) is 19.1 Å². The number of nitrogens with one attached hydrogen (secondary N) is 1. The van der Waals surface area contributed by atoms with Gasteiger partial charge in [0.2, 0.25) is 0 Å². The Morgan fingerprint density at radius 2 is 1.90 bits per heavy atom. The summed E-state index contributed by atoms with van der Waals surface area (Å²) in [5.74, 6) is -0.520. The van der Waals surface area contributed by atoms with Gasteiger partial charge in [-0.25, -0.2) is 0 Å². The molecule has 2 rings (SSSR count). The van der Waals surface area contributed by atoms with E-state index in [1.165, 1.54) is 0 Å². The van der Waals surface area contributed by atoms with Crippen molar-refractivity contribution in [1.29, 1.82) is 0 Å². The number of esters is 1. The fourth-order valence-corrected chi connectivity index (χ4v) is 2.68. The summed E-state index contributed by atoms with van der Waals surface area (Å²) < 4.78 is 5.11. The molecule has 0 bridgehead atoms. The van der Waals surface area contributed by atoms with Crippen molar-refractivity contribution in [1.82, 2.24) is 5.32 Å². The second-order valence-electron chi connectivity index (χ2n) is 5.09. The molecule has 0 saturated heterocycles. The lowest BCUT2D eigenvalue weighted by molar-refractivity contribution is -0.150. The minimum atomic E-state index is -0.212. The Morgan fingerprint density at radius 1 is 1.20 bits per heavy atom. The highest BCUT2D eigenvalue weighted by atomic mass is 16.5. The Morgan fingerprint density at radius 3 is 2.60 bits per heavy atom. The van der Waals surface area contributed by atoms with Crippen LogP contribution in [-0.2, 0) is 9.53 Å². The number of benzene rings is 1. The van der Waals surface area contributed by atoms with Gasteiger partial charge in [-0.2, -0.15) is 0 Å². The molecule has 20 heavy (non-hydrogen) atoms. The Bertz CT molecular complexity index is 458. The number of carbonyl (C=O) groups is 2. The molecule has 2 atom stereocenters. The van der Waals surface area contributed by atoms with Gasteiger partial charge < -0.3 is 10.1 Å². The van der Waals surface area contributed by atoms with Gasteiger partial charge in [-0.15, -0.1) is 0 Å². The van der Waals surface area contributed by atoms with E-state index in [9.17, 15) is 9.59 Å². The van der Waals surface area contributed by atoms with Crippen LogP contribution in [0.1, 0.15) is 43.0 Å². The summed E-state index contributed by atoms with van der Waals surface area (Å²) in [5, 5.41) is 2.98. The van der Waals surface area contributed by atoms with Gasteiger partial charge in [0.15, 0.2) is 0 Å². The summed E-state index contributed by atoms with van der Waals surface area (Å²) in [7, 11) is 0. The summed E-state index contributed by atoms with van der Waals surface area (Å²) in [5.41, 5.74) is 0.626. The molecular weight excluding hydrogens is 254 g/mol. The fraction of sp³-hybridized carbons (Fsp3) is 0.500. The van der Waals surface area contributed by atoms with Crippen LogP contribution >= 0.6 is 0 Å². The molecule has 1 saturated carbocycles. The zero-order chi connectivity index (χ0) is 14.4. The van der Waals surface area contributed by atoms with E-state index in [0.29, 0.717) is 12.2 Å². The largest absolute Gasteiger partial charge is 0.466 e. The molecule has 108 valence electrons. The molecule has 1 aromatic carbocycles. The van der Waals surface area contributed by atoms with Crippen LogP contribution in [-0.4, -0.2) is 24.5 Å². The van der Waals surface area contributed by atoms with Crippen molar-refractivity contribution in [2.75, 3.05) is 6.61 Å². The van der Waals surface area contributed by atoms with Gasteiger partial charge in [0.1, 0.15) is 0 Å². The number of carbonyl (C=O) groups excluding carboxylic acids is 2. The lowest BCUT2D eigenvalue weighted by atomic mass is 9.84. The topological polar surface area (TPSA) is 55.4 Å². The van der Waals surface area contributed by atoms with E-state index in [2.05, 4.69) is 5.32 Å². The standard InChI is InChI=1S/C16H21NO3/c1-2-20-16(19)13-10-6-7-11-14(13)17-15(18)12-8-4-3-5-9-12/h3-5,8-9,13-14H,2,6-7,10-11H2,1H3,(H,17,18)/t13-,14-/m0/s1. The second-order valence-corrected chi connectivity index (χ2v) is 5.09.